The molecule has 1 saturated carbocycles. The van der Waals surface area contributed by atoms with Crippen molar-refractivity contribution >= 4 is 21.1 Å². The van der Waals surface area contributed by atoms with Crippen molar-refractivity contribution in [3.8, 4) is 6.07 Å². The number of hydrogen-bond acceptors (Lipinski definition) is 5. The molecule has 2 aromatic rings. The zero-order valence-corrected chi connectivity index (χ0v) is 14.0. The van der Waals surface area contributed by atoms with Crippen molar-refractivity contribution in [2.75, 3.05) is 0 Å². The van der Waals surface area contributed by atoms with E-state index in [0.717, 1.165) is 25.0 Å². The molecule has 7 nitrogen and oxygen atoms in total. The van der Waals surface area contributed by atoms with E-state index in [0.29, 0.717) is 23.9 Å². The van der Waals surface area contributed by atoms with Gasteiger partial charge >= 0.3 is 0 Å². The van der Waals surface area contributed by atoms with Gasteiger partial charge in [0.1, 0.15) is 10.4 Å². The molecule has 122 valence electrons. The Hall–Kier alpha value is -1.98. The van der Waals surface area contributed by atoms with Crippen LogP contribution >= 0.6 is 0 Å². The summed E-state index contributed by atoms with van der Waals surface area (Å²) in [7, 11) is -2.04. The van der Waals surface area contributed by atoms with Gasteiger partial charge in [0, 0.05) is 18.6 Å². The Balaban J connectivity index is 1.99. The fourth-order valence-electron chi connectivity index (χ4n) is 3.14. The lowest BCUT2D eigenvalue weighted by atomic mass is 9.84. The molecule has 0 aliphatic heterocycles. The number of hydrogen-bond donors (Lipinski definition) is 1. The molecule has 0 atom stereocenters. The van der Waals surface area contributed by atoms with Gasteiger partial charge in [0.2, 0.25) is 10.0 Å². The van der Waals surface area contributed by atoms with Gasteiger partial charge in [-0.2, -0.15) is 15.1 Å². The van der Waals surface area contributed by atoms with Crippen LogP contribution in [0.1, 0.15) is 37.8 Å². The summed E-state index contributed by atoms with van der Waals surface area (Å²) in [4.78, 5) is 4.28. The maximum absolute atomic E-state index is 12.7. The predicted octanol–water partition coefficient (Wildman–Crippen LogP) is 1.78. The molecule has 0 unspecified atom stereocenters. The van der Waals surface area contributed by atoms with Crippen molar-refractivity contribution in [1.29, 1.82) is 5.26 Å². The van der Waals surface area contributed by atoms with Gasteiger partial charge in [0.05, 0.1) is 11.8 Å². The van der Waals surface area contributed by atoms with Crippen LogP contribution in [-0.2, 0) is 17.1 Å². The first-order valence-corrected chi connectivity index (χ1v) is 9.10. The molecule has 1 aliphatic rings. The third-order valence-electron chi connectivity index (χ3n) is 4.40. The van der Waals surface area contributed by atoms with Crippen molar-refractivity contribution in [3.63, 3.8) is 0 Å². The minimum Gasteiger partial charge on any atom is -0.250 e. The first-order chi connectivity index (χ1) is 10.9. The van der Waals surface area contributed by atoms with Crippen LogP contribution in [0.3, 0.4) is 0 Å². The number of nitriles is 1. The number of pyridine rings is 1. The van der Waals surface area contributed by atoms with Gasteiger partial charge in [-0.3, -0.25) is 4.68 Å². The van der Waals surface area contributed by atoms with Crippen LogP contribution in [0.4, 0.5) is 0 Å². The highest BCUT2D eigenvalue weighted by atomic mass is 32.2. The average Bonchev–Trinajstić information content (AvgIpc) is 2.82. The maximum atomic E-state index is 12.7. The Morgan fingerprint density at radius 2 is 2.04 bits per heavy atom. The first kappa shape index (κ1) is 15.9. The molecular weight excluding hydrogens is 314 g/mol. The summed E-state index contributed by atoms with van der Waals surface area (Å²) < 4.78 is 29.6. The Bertz CT molecular complexity index is 888. The Morgan fingerprint density at radius 1 is 1.35 bits per heavy atom. The van der Waals surface area contributed by atoms with Gasteiger partial charge in [0.15, 0.2) is 5.65 Å². The molecule has 2 heterocycles. The van der Waals surface area contributed by atoms with E-state index < -0.39 is 15.6 Å². The van der Waals surface area contributed by atoms with Gasteiger partial charge in [-0.25, -0.2) is 13.4 Å². The van der Waals surface area contributed by atoms with Crippen LogP contribution in [0, 0.1) is 18.3 Å². The predicted molar refractivity (Wildman–Crippen MR) is 85.0 cm³/mol. The van der Waals surface area contributed by atoms with Crippen molar-refractivity contribution < 1.29 is 8.42 Å². The standard InChI is InChI=1S/C15H19N5O2S/c1-11-13-8-12(9-17-14(13)20(2)18-11)23(21,22)19-15(10-16)6-4-3-5-7-15/h8-9,19H,3-7H2,1-2H3. The van der Waals surface area contributed by atoms with Gasteiger partial charge in [0.25, 0.3) is 0 Å². The van der Waals surface area contributed by atoms with E-state index in [1.165, 1.54) is 6.20 Å². The SMILES string of the molecule is Cc1nn(C)c2ncc(S(=O)(=O)NC3(C#N)CCCCC3)cc12. The second-order valence-electron chi connectivity index (χ2n) is 6.11. The topological polar surface area (TPSA) is 101 Å². The molecule has 1 N–H and O–H groups in total. The van der Waals surface area contributed by atoms with E-state index in [9.17, 15) is 13.7 Å². The van der Waals surface area contributed by atoms with E-state index in [2.05, 4.69) is 20.9 Å². The third kappa shape index (κ3) is 2.82. The molecule has 0 aromatic carbocycles. The largest absolute Gasteiger partial charge is 0.250 e. The zero-order chi connectivity index (χ0) is 16.7. The molecule has 3 rings (SSSR count). The quantitative estimate of drug-likeness (QED) is 0.922. The van der Waals surface area contributed by atoms with E-state index in [1.54, 1.807) is 17.8 Å². The number of fused-ring (bicyclic) bond motifs is 1. The van der Waals surface area contributed by atoms with Crippen molar-refractivity contribution in [2.24, 2.45) is 7.05 Å². The summed E-state index contributed by atoms with van der Waals surface area (Å²) in [6.45, 7) is 1.81. The summed E-state index contributed by atoms with van der Waals surface area (Å²) in [5.41, 5.74) is 0.351. The van der Waals surface area contributed by atoms with Crippen molar-refractivity contribution in [3.05, 3.63) is 18.0 Å². The first-order valence-electron chi connectivity index (χ1n) is 7.61. The Morgan fingerprint density at radius 3 is 2.70 bits per heavy atom. The lowest BCUT2D eigenvalue weighted by Crippen LogP contribution is -2.48. The molecule has 1 fully saturated rings. The number of nitrogens with zero attached hydrogens (tertiary/aromatic N) is 4. The number of aromatic nitrogens is 3. The molecule has 0 saturated heterocycles. The van der Waals surface area contributed by atoms with Gasteiger partial charge in [-0.1, -0.05) is 19.3 Å². The fraction of sp³-hybridized carbons (Fsp3) is 0.533. The summed E-state index contributed by atoms with van der Waals surface area (Å²) in [6, 6.07) is 3.74. The van der Waals surface area contributed by atoms with Gasteiger partial charge in [-0.15, -0.1) is 0 Å². The minimum atomic E-state index is -3.80. The molecular formula is C15H19N5O2S. The molecule has 1 aliphatic carbocycles. The van der Waals surface area contributed by atoms with Crippen molar-refractivity contribution in [2.45, 2.75) is 49.5 Å². The van der Waals surface area contributed by atoms with E-state index in [-0.39, 0.29) is 4.90 Å². The second-order valence-corrected chi connectivity index (χ2v) is 7.79. The van der Waals surface area contributed by atoms with E-state index >= 15 is 0 Å². The normalized spacial score (nSPS) is 18.0. The Kier molecular flexibility index (Phi) is 3.86. The molecule has 8 heteroatoms. The lowest BCUT2D eigenvalue weighted by molar-refractivity contribution is 0.338. The van der Waals surface area contributed by atoms with Crippen LogP contribution in [0.5, 0.6) is 0 Å². The highest BCUT2D eigenvalue weighted by Crippen LogP contribution is 2.29. The molecule has 0 bridgehead atoms. The van der Waals surface area contributed by atoms with Crippen LogP contribution in [0.25, 0.3) is 11.0 Å². The molecule has 0 amide bonds. The molecule has 0 spiro atoms. The summed E-state index contributed by atoms with van der Waals surface area (Å²) in [5, 5.41) is 14.4. The molecule has 0 radical (unpaired) electrons. The lowest BCUT2D eigenvalue weighted by Gasteiger charge is -2.31. The smallest absolute Gasteiger partial charge is 0.243 e. The van der Waals surface area contributed by atoms with Gasteiger partial charge in [-0.05, 0) is 25.8 Å². The number of nitrogens with one attached hydrogen (secondary N) is 1. The summed E-state index contributed by atoms with van der Waals surface area (Å²) in [5.74, 6) is 0. The highest BCUT2D eigenvalue weighted by Gasteiger charge is 2.37. The van der Waals surface area contributed by atoms with Crippen molar-refractivity contribution in [1.82, 2.24) is 19.5 Å². The highest BCUT2D eigenvalue weighted by molar-refractivity contribution is 7.89. The van der Waals surface area contributed by atoms with E-state index in [1.807, 2.05) is 6.92 Å². The summed E-state index contributed by atoms with van der Waals surface area (Å²) >= 11 is 0. The molecule has 2 aromatic heterocycles. The maximum Gasteiger partial charge on any atom is 0.243 e. The fourth-order valence-corrected chi connectivity index (χ4v) is 4.49. The van der Waals surface area contributed by atoms with Crippen LogP contribution in [0.15, 0.2) is 17.2 Å². The average molecular weight is 333 g/mol. The van der Waals surface area contributed by atoms with Crippen LogP contribution in [-0.4, -0.2) is 28.7 Å². The Labute approximate surface area is 135 Å². The molecule has 23 heavy (non-hydrogen) atoms. The zero-order valence-electron chi connectivity index (χ0n) is 13.2. The minimum absolute atomic E-state index is 0.0706. The number of rotatable bonds is 3. The monoisotopic (exact) mass is 333 g/mol. The van der Waals surface area contributed by atoms with E-state index in [4.69, 9.17) is 0 Å². The second kappa shape index (κ2) is 5.58. The number of sulfonamides is 1. The van der Waals surface area contributed by atoms with Gasteiger partial charge < -0.3 is 0 Å². The third-order valence-corrected chi connectivity index (χ3v) is 5.90. The van der Waals surface area contributed by atoms with Crippen LogP contribution in [0.2, 0.25) is 0 Å². The number of aryl methyl sites for hydroxylation is 2. The van der Waals surface area contributed by atoms with Crippen LogP contribution < -0.4 is 4.72 Å². The summed E-state index contributed by atoms with van der Waals surface area (Å²) in [6.07, 6.45) is 5.16.